The zero-order valence-corrected chi connectivity index (χ0v) is 33.6. The lowest BCUT2D eigenvalue weighted by atomic mass is 10.0. The van der Waals surface area contributed by atoms with Crippen molar-refractivity contribution in [2.24, 2.45) is 0 Å². The van der Waals surface area contributed by atoms with Crippen LogP contribution in [0.2, 0.25) is 0 Å². The van der Waals surface area contributed by atoms with Gasteiger partial charge in [-0.15, -0.1) is 0 Å². The molecule has 296 valence electrons. The van der Waals surface area contributed by atoms with E-state index < -0.39 is 0 Å². The number of para-hydroxylation sites is 3. The third kappa shape index (κ3) is 6.45. The Balaban J connectivity index is 1.00. The fourth-order valence-corrected chi connectivity index (χ4v) is 8.42. The van der Waals surface area contributed by atoms with E-state index in [0.717, 1.165) is 66.0 Å². The number of hydrogen-bond acceptors (Lipinski definition) is 7. The Hall–Kier alpha value is -8.75. The van der Waals surface area contributed by atoms with Gasteiger partial charge in [0.2, 0.25) is 5.95 Å². The average molecular weight is 811 g/mol. The Morgan fingerprint density at radius 3 is 1.86 bits per heavy atom. The standard InChI is InChI=1S/C55H34N6O2/c1-5-16-35(17-6-1)38-29-31-47-45(32-38)41-24-13-14-27-46(41)61(47)55-59-53(37-20-9-3-10-21-37)58-54(60-55)44-26-15-25-43-42-30-28-39(33-48(42)63-51(43)44)52-56-34-49(62-40-22-11-4-12-23-40)50(57-52)36-18-7-2-8-19-36/h1-34H. The highest BCUT2D eigenvalue weighted by Gasteiger charge is 2.22. The molecular weight excluding hydrogens is 777 g/mol. The molecule has 0 saturated heterocycles. The number of hydrogen-bond donors (Lipinski definition) is 0. The fourth-order valence-electron chi connectivity index (χ4n) is 8.42. The number of ether oxygens (including phenoxy) is 1. The first-order valence-electron chi connectivity index (χ1n) is 20.7. The molecule has 8 heteroatoms. The van der Waals surface area contributed by atoms with Gasteiger partial charge in [0.15, 0.2) is 23.2 Å². The SMILES string of the molecule is c1ccc(Oc2cnc(-c3ccc4c(c3)oc3c(-c5nc(-c6ccccc6)nc(-n6c7ccccc7c7cc(-c8ccccc8)ccc76)n5)cccc34)nc2-c2ccccc2)cc1. The average Bonchev–Trinajstić information content (AvgIpc) is 3.90. The summed E-state index contributed by atoms with van der Waals surface area (Å²) in [4.78, 5) is 25.4. The van der Waals surface area contributed by atoms with Crippen molar-refractivity contribution in [3.8, 4) is 74.0 Å². The van der Waals surface area contributed by atoms with E-state index in [2.05, 4.69) is 83.4 Å². The number of aromatic nitrogens is 6. The van der Waals surface area contributed by atoms with E-state index >= 15 is 0 Å². The molecule has 8 aromatic carbocycles. The molecule has 63 heavy (non-hydrogen) atoms. The van der Waals surface area contributed by atoms with Crippen LogP contribution in [0.5, 0.6) is 11.5 Å². The maximum absolute atomic E-state index is 6.80. The van der Waals surface area contributed by atoms with Crippen molar-refractivity contribution in [1.82, 2.24) is 29.5 Å². The number of rotatable bonds is 8. The second kappa shape index (κ2) is 15.1. The van der Waals surface area contributed by atoms with Gasteiger partial charge in [0.1, 0.15) is 22.6 Å². The monoisotopic (exact) mass is 810 g/mol. The third-order valence-electron chi connectivity index (χ3n) is 11.4. The van der Waals surface area contributed by atoms with E-state index in [0.29, 0.717) is 51.8 Å². The van der Waals surface area contributed by atoms with Gasteiger partial charge < -0.3 is 9.15 Å². The quantitative estimate of drug-likeness (QED) is 0.151. The molecule has 0 radical (unpaired) electrons. The molecule has 8 nitrogen and oxygen atoms in total. The molecule has 0 amide bonds. The van der Waals surface area contributed by atoms with Crippen LogP contribution >= 0.6 is 0 Å². The summed E-state index contributed by atoms with van der Waals surface area (Å²) in [6, 6.07) is 67.4. The summed E-state index contributed by atoms with van der Waals surface area (Å²) >= 11 is 0. The Morgan fingerprint density at radius 1 is 0.413 bits per heavy atom. The number of benzene rings is 8. The highest BCUT2D eigenvalue weighted by Crippen LogP contribution is 2.40. The summed E-state index contributed by atoms with van der Waals surface area (Å²) < 4.78 is 15.2. The highest BCUT2D eigenvalue weighted by atomic mass is 16.5. The minimum absolute atomic E-state index is 0.500. The maximum Gasteiger partial charge on any atom is 0.238 e. The predicted octanol–water partition coefficient (Wildman–Crippen LogP) is 13.8. The molecule has 0 unspecified atom stereocenters. The van der Waals surface area contributed by atoms with E-state index in [-0.39, 0.29) is 0 Å². The van der Waals surface area contributed by atoms with Gasteiger partial charge in [-0.05, 0) is 59.7 Å². The van der Waals surface area contributed by atoms with Gasteiger partial charge in [0, 0.05) is 38.2 Å². The van der Waals surface area contributed by atoms with Crippen molar-refractivity contribution in [2.75, 3.05) is 0 Å². The molecule has 4 aromatic heterocycles. The first kappa shape index (κ1) is 36.1. The zero-order chi connectivity index (χ0) is 41.7. The van der Waals surface area contributed by atoms with Crippen molar-refractivity contribution in [3.63, 3.8) is 0 Å². The molecule has 0 N–H and O–H groups in total. The second-order valence-corrected chi connectivity index (χ2v) is 15.3. The van der Waals surface area contributed by atoms with Gasteiger partial charge in [-0.25, -0.2) is 15.0 Å². The van der Waals surface area contributed by atoms with Crippen molar-refractivity contribution in [1.29, 1.82) is 0 Å². The van der Waals surface area contributed by atoms with Gasteiger partial charge in [0.05, 0.1) is 22.8 Å². The van der Waals surface area contributed by atoms with Crippen LogP contribution in [-0.4, -0.2) is 29.5 Å². The Bertz CT molecular complexity index is 3650. The lowest BCUT2D eigenvalue weighted by Gasteiger charge is -2.12. The van der Waals surface area contributed by atoms with Crippen LogP contribution in [0.1, 0.15) is 0 Å². The zero-order valence-electron chi connectivity index (χ0n) is 33.6. The maximum atomic E-state index is 6.80. The topological polar surface area (TPSA) is 91.8 Å². The normalized spacial score (nSPS) is 11.5. The summed E-state index contributed by atoms with van der Waals surface area (Å²) in [6.45, 7) is 0. The van der Waals surface area contributed by atoms with Gasteiger partial charge in [-0.3, -0.25) is 4.57 Å². The van der Waals surface area contributed by atoms with Gasteiger partial charge in [0.25, 0.3) is 0 Å². The van der Waals surface area contributed by atoms with Crippen molar-refractivity contribution < 1.29 is 9.15 Å². The van der Waals surface area contributed by atoms with Crippen molar-refractivity contribution >= 4 is 43.7 Å². The van der Waals surface area contributed by atoms with E-state index in [1.54, 1.807) is 6.20 Å². The molecule has 12 aromatic rings. The lowest BCUT2D eigenvalue weighted by molar-refractivity contribution is 0.480. The fraction of sp³-hybridized carbons (Fsp3) is 0. The van der Waals surface area contributed by atoms with Crippen LogP contribution in [0, 0.1) is 0 Å². The lowest BCUT2D eigenvalue weighted by Crippen LogP contribution is -2.06. The first-order chi connectivity index (χ1) is 31.2. The van der Waals surface area contributed by atoms with Crippen molar-refractivity contribution in [3.05, 3.63) is 206 Å². The van der Waals surface area contributed by atoms with E-state index in [1.807, 2.05) is 121 Å². The van der Waals surface area contributed by atoms with Crippen LogP contribution in [0.15, 0.2) is 211 Å². The number of fused-ring (bicyclic) bond motifs is 6. The Labute approximate surface area is 361 Å². The predicted molar refractivity (Wildman–Crippen MR) is 251 cm³/mol. The minimum atomic E-state index is 0.500. The summed E-state index contributed by atoms with van der Waals surface area (Å²) in [5, 5.41) is 4.13. The molecule has 4 heterocycles. The van der Waals surface area contributed by atoms with Gasteiger partial charge in [-0.2, -0.15) is 9.97 Å². The summed E-state index contributed by atoms with van der Waals surface area (Å²) in [7, 11) is 0. The molecule has 0 bridgehead atoms. The van der Waals surface area contributed by atoms with Crippen molar-refractivity contribution in [2.45, 2.75) is 0 Å². The summed E-state index contributed by atoms with van der Waals surface area (Å²) in [5.74, 6) is 3.39. The van der Waals surface area contributed by atoms with Crippen LogP contribution in [0.25, 0.3) is 106 Å². The van der Waals surface area contributed by atoms with Crippen LogP contribution in [0.4, 0.5) is 0 Å². The molecule has 0 atom stereocenters. The number of nitrogens with zero attached hydrogens (tertiary/aromatic N) is 6. The Morgan fingerprint density at radius 2 is 1.06 bits per heavy atom. The molecule has 0 aliphatic heterocycles. The molecule has 0 fully saturated rings. The smallest absolute Gasteiger partial charge is 0.238 e. The number of furan rings is 1. The van der Waals surface area contributed by atoms with E-state index in [1.165, 1.54) is 0 Å². The van der Waals surface area contributed by atoms with E-state index in [4.69, 9.17) is 34.1 Å². The Kier molecular flexibility index (Phi) is 8.64. The summed E-state index contributed by atoms with van der Waals surface area (Å²) in [5.41, 5.74) is 9.72. The molecular formula is C55H34N6O2. The van der Waals surface area contributed by atoms with Gasteiger partial charge >= 0.3 is 0 Å². The highest BCUT2D eigenvalue weighted by molar-refractivity contribution is 6.11. The van der Waals surface area contributed by atoms with Gasteiger partial charge in [-0.1, -0.05) is 152 Å². The minimum Gasteiger partial charge on any atom is -0.455 e. The summed E-state index contributed by atoms with van der Waals surface area (Å²) in [6.07, 6.45) is 1.74. The van der Waals surface area contributed by atoms with Crippen LogP contribution < -0.4 is 4.74 Å². The van der Waals surface area contributed by atoms with Crippen LogP contribution in [0.3, 0.4) is 0 Å². The largest absolute Gasteiger partial charge is 0.455 e. The molecule has 0 spiro atoms. The first-order valence-corrected chi connectivity index (χ1v) is 20.7. The molecule has 12 rings (SSSR count). The third-order valence-corrected chi connectivity index (χ3v) is 11.4. The van der Waals surface area contributed by atoms with E-state index in [9.17, 15) is 0 Å². The van der Waals surface area contributed by atoms with Crippen LogP contribution in [-0.2, 0) is 0 Å². The molecule has 0 aliphatic rings. The second-order valence-electron chi connectivity index (χ2n) is 15.3. The molecule has 0 saturated carbocycles. The molecule has 0 aliphatic carbocycles.